The number of aromatic nitrogens is 4. The summed E-state index contributed by atoms with van der Waals surface area (Å²) in [5.41, 5.74) is 11.6. The van der Waals surface area contributed by atoms with Gasteiger partial charge in [-0.3, -0.25) is 0 Å². The minimum Gasteiger partial charge on any atom is -0.455 e. The summed E-state index contributed by atoms with van der Waals surface area (Å²) in [5, 5.41) is 4.67. The normalized spacial score (nSPS) is 15.5. The predicted octanol–water partition coefficient (Wildman–Crippen LogP) is 13.2. The second-order valence-corrected chi connectivity index (χ2v) is 14.8. The summed E-state index contributed by atoms with van der Waals surface area (Å²) < 4.78 is 9.20. The van der Waals surface area contributed by atoms with Gasteiger partial charge in [-0.05, 0) is 52.9 Å². The van der Waals surface area contributed by atoms with Gasteiger partial charge in [0.05, 0.1) is 11.0 Å². The second kappa shape index (κ2) is 13.4. The third kappa shape index (κ3) is 5.58. The Morgan fingerprint density at radius 2 is 1.16 bits per heavy atom. The molecule has 7 aromatic carbocycles. The Morgan fingerprint density at radius 1 is 0.526 bits per heavy atom. The molecule has 2 unspecified atom stereocenters. The average molecular weight is 733 g/mol. The van der Waals surface area contributed by atoms with Gasteiger partial charge in [0.25, 0.3) is 0 Å². The molecule has 0 spiro atoms. The fraction of sp³-hybridized carbons (Fsp3) is 0.0577. The van der Waals surface area contributed by atoms with Crippen LogP contribution in [0, 0.1) is 5.92 Å². The maximum Gasteiger partial charge on any atom is 0.163 e. The van der Waals surface area contributed by atoms with E-state index in [9.17, 15) is 0 Å². The summed E-state index contributed by atoms with van der Waals surface area (Å²) in [6, 6.07) is 59.3. The molecule has 57 heavy (non-hydrogen) atoms. The fourth-order valence-electron chi connectivity index (χ4n) is 8.55. The summed E-state index contributed by atoms with van der Waals surface area (Å²) in [6.07, 6.45) is 6.79. The van der Waals surface area contributed by atoms with Crippen LogP contribution >= 0.6 is 0 Å². The highest BCUT2D eigenvalue weighted by Gasteiger charge is 2.26. The Bertz CT molecular complexity index is 3140. The SMILES string of the molecule is CC1C=CC(c2cccc3c2oc2cccc(-c4ccc5c6ccccc6n(-c6ccccc6)c5c4)c23)=CC1c1nc(-c2ccccc2)nc(-c2ccccc2)n1. The molecule has 0 saturated carbocycles. The van der Waals surface area contributed by atoms with Crippen molar-refractivity contribution in [1.29, 1.82) is 0 Å². The lowest BCUT2D eigenvalue weighted by Crippen LogP contribution is -2.14. The molecule has 0 bridgehead atoms. The number of nitrogens with zero attached hydrogens (tertiary/aromatic N) is 4. The number of furan rings is 1. The summed E-state index contributed by atoms with van der Waals surface area (Å²) >= 11 is 0. The third-order valence-electron chi connectivity index (χ3n) is 11.4. The van der Waals surface area contributed by atoms with Gasteiger partial charge >= 0.3 is 0 Å². The topological polar surface area (TPSA) is 56.7 Å². The Balaban J connectivity index is 1.05. The largest absolute Gasteiger partial charge is 0.455 e. The minimum absolute atomic E-state index is 0.0729. The van der Waals surface area contributed by atoms with Crippen LogP contribution in [0.5, 0.6) is 0 Å². The molecule has 1 aliphatic rings. The highest BCUT2D eigenvalue weighted by molar-refractivity contribution is 6.16. The number of hydrogen-bond acceptors (Lipinski definition) is 4. The van der Waals surface area contributed by atoms with Crippen LogP contribution in [0.3, 0.4) is 0 Å². The molecule has 0 aliphatic heterocycles. The van der Waals surface area contributed by atoms with Gasteiger partial charge in [-0.25, -0.2) is 15.0 Å². The van der Waals surface area contributed by atoms with Crippen molar-refractivity contribution in [3.8, 4) is 39.6 Å². The van der Waals surface area contributed by atoms with Gasteiger partial charge in [0.1, 0.15) is 17.0 Å². The monoisotopic (exact) mass is 732 g/mol. The minimum atomic E-state index is -0.0729. The lowest BCUT2D eigenvalue weighted by molar-refractivity contribution is 0.602. The van der Waals surface area contributed by atoms with E-state index in [4.69, 9.17) is 19.4 Å². The molecule has 5 nitrogen and oxygen atoms in total. The molecule has 0 amide bonds. The lowest BCUT2D eigenvalue weighted by Gasteiger charge is -2.23. The number of para-hydroxylation sites is 3. The molecule has 2 atom stereocenters. The van der Waals surface area contributed by atoms with E-state index in [0.717, 1.165) is 66.8 Å². The molecule has 1 aliphatic carbocycles. The Kier molecular flexibility index (Phi) is 7.78. The smallest absolute Gasteiger partial charge is 0.163 e. The summed E-state index contributed by atoms with van der Waals surface area (Å²) in [7, 11) is 0. The number of fused-ring (bicyclic) bond motifs is 6. The number of hydrogen-bond donors (Lipinski definition) is 0. The Morgan fingerprint density at radius 3 is 1.91 bits per heavy atom. The van der Waals surface area contributed by atoms with Crippen LogP contribution in [0.1, 0.15) is 24.2 Å². The van der Waals surface area contributed by atoms with E-state index in [0.29, 0.717) is 11.6 Å². The molecule has 270 valence electrons. The van der Waals surface area contributed by atoms with Crippen LogP contribution in [0.4, 0.5) is 0 Å². The molecule has 3 aromatic heterocycles. The van der Waals surface area contributed by atoms with Crippen LogP contribution in [0.25, 0.3) is 88.9 Å². The molecule has 10 aromatic rings. The molecule has 11 rings (SSSR count). The van der Waals surface area contributed by atoms with Crippen molar-refractivity contribution in [2.24, 2.45) is 5.92 Å². The number of benzene rings is 7. The average Bonchev–Trinajstić information content (AvgIpc) is 3.83. The van der Waals surface area contributed by atoms with Crippen LogP contribution in [0.2, 0.25) is 0 Å². The van der Waals surface area contributed by atoms with E-state index < -0.39 is 0 Å². The molecular weight excluding hydrogens is 697 g/mol. The maximum atomic E-state index is 6.83. The molecule has 0 fully saturated rings. The van der Waals surface area contributed by atoms with Gasteiger partial charge in [-0.1, -0.05) is 165 Å². The van der Waals surface area contributed by atoms with Gasteiger partial charge in [0, 0.05) is 49.8 Å². The quantitative estimate of drug-likeness (QED) is 0.171. The van der Waals surface area contributed by atoms with E-state index in [-0.39, 0.29) is 11.8 Å². The second-order valence-electron chi connectivity index (χ2n) is 14.8. The van der Waals surface area contributed by atoms with Crippen molar-refractivity contribution in [2.45, 2.75) is 12.8 Å². The van der Waals surface area contributed by atoms with Gasteiger partial charge < -0.3 is 8.98 Å². The molecular formula is C52H36N4O. The predicted molar refractivity (Wildman–Crippen MR) is 233 cm³/mol. The maximum absolute atomic E-state index is 6.83. The van der Waals surface area contributed by atoms with Crippen molar-refractivity contribution in [2.75, 3.05) is 0 Å². The van der Waals surface area contributed by atoms with Crippen molar-refractivity contribution < 1.29 is 4.42 Å². The van der Waals surface area contributed by atoms with E-state index >= 15 is 0 Å². The lowest BCUT2D eigenvalue weighted by atomic mass is 9.84. The molecule has 0 saturated heterocycles. The summed E-state index contributed by atoms with van der Waals surface area (Å²) in [5.74, 6) is 2.19. The highest BCUT2D eigenvalue weighted by Crippen LogP contribution is 2.43. The zero-order valence-corrected chi connectivity index (χ0v) is 31.2. The zero-order chi connectivity index (χ0) is 37.9. The first-order chi connectivity index (χ1) is 28.2. The first-order valence-electron chi connectivity index (χ1n) is 19.5. The van der Waals surface area contributed by atoms with E-state index in [1.54, 1.807) is 0 Å². The van der Waals surface area contributed by atoms with Gasteiger partial charge in [-0.15, -0.1) is 0 Å². The Labute approximate surface area is 329 Å². The van der Waals surface area contributed by atoms with Crippen molar-refractivity contribution in [3.05, 3.63) is 199 Å². The van der Waals surface area contributed by atoms with Gasteiger partial charge in [-0.2, -0.15) is 0 Å². The van der Waals surface area contributed by atoms with Crippen molar-refractivity contribution in [3.63, 3.8) is 0 Å². The fourth-order valence-corrected chi connectivity index (χ4v) is 8.55. The van der Waals surface area contributed by atoms with E-state index in [1.807, 2.05) is 36.4 Å². The number of rotatable bonds is 6. The highest BCUT2D eigenvalue weighted by atomic mass is 16.3. The molecule has 0 N–H and O–H groups in total. The van der Waals surface area contributed by atoms with E-state index in [1.165, 1.54) is 21.8 Å². The Hall–Kier alpha value is -7.37. The summed E-state index contributed by atoms with van der Waals surface area (Å²) in [4.78, 5) is 15.2. The van der Waals surface area contributed by atoms with Gasteiger partial charge in [0.2, 0.25) is 0 Å². The molecule has 5 heteroatoms. The first-order valence-corrected chi connectivity index (χ1v) is 19.5. The first kappa shape index (κ1) is 33.0. The van der Waals surface area contributed by atoms with Crippen LogP contribution in [-0.4, -0.2) is 19.5 Å². The number of allylic oxidation sites excluding steroid dienone is 4. The van der Waals surface area contributed by atoms with E-state index in [2.05, 4.69) is 163 Å². The van der Waals surface area contributed by atoms with Crippen molar-refractivity contribution in [1.82, 2.24) is 19.5 Å². The van der Waals surface area contributed by atoms with Crippen LogP contribution in [0.15, 0.2) is 193 Å². The van der Waals surface area contributed by atoms with Crippen LogP contribution < -0.4 is 0 Å². The zero-order valence-electron chi connectivity index (χ0n) is 31.2. The molecule has 0 radical (unpaired) electrons. The van der Waals surface area contributed by atoms with Crippen LogP contribution in [-0.2, 0) is 0 Å². The van der Waals surface area contributed by atoms with Crippen molar-refractivity contribution >= 4 is 49.3 Å². The molecule has 3 heterocycles. The standard InChI is InChI=1S/C52H36N4O/c1-33-27-28-36(31-44(33)52-54-50(34-15-5-2-6-16-34)53-51(55-52)35-17-7-3-8-18-35)40-23-13-24-43-48-39(22-14-26-47(48)57-49(40)43)37-29-30-42-41-21-11-12-25-45(41)56(46(42)32-37)38-19-9-4-10-20-38/h2-33,44H,1H3. The summed E-state index contributed by atoms with van der Waals surface area (Å²) in [6.45, 7) is 2.23. The third-order valence-corrected chi connectivity index (χ3v) is 11.4. The van der Waals surface area contributed by atoms with Gasteiger partial charge in [0.15, 0.2) is 11.6 Å².